The summed E-state index contributed by atoms with van der Waals surface area (Å²) < 4.78 is 4.46. The van der Waals surface area contributed by atoms with Crippen LogP contribution in [0.5, 0.6) is 0 Å². The number of carbonyl (C=O) groups excluding carboxylic acids is 1. The molecule has 60 valence electrons. The first-order valence-electron chi connectivity index (χ1n) is 3.26. The van der Waals surface area contributed by atoms with Gasteiger partial charge in [-0.1, -0.05) is 0 Å². The van der Waals surface area contributed by atoms with Gasteiger partial charge >= 0.3 is 0 Å². The molecule has 3 nitrogen and oxygen atoms in total. The highest BCUT2D eigenvalue weighted by Gasteiger charge is 1.99. The summed E-state index contributed by atoms with van der Waals surface area (Å²) in [6.45, 7) is 0.380. The normalized spacial score (nSPS) is 12.6. The predicted molar refractivity (Wildman–Crippen MR) is 42.8 cm³/mol. The minimum absolute atomic E-state index is 0.380. The van der Waals surface area contributed by atoms with Gasteiger partial charge in [-0.2, -0.15) is 12.6 Å². The minimum atomic E-state index is -0.433. The molecule has 1 unspecified atom stereocenters. The van der Waals surface area contributed by atoms with E-state index < -0.39 is 6.23 Å². The van der Waals surface area contributed by atoms with Crippen molar-refractivity contribution in [2.45, 2.75) is 25.5 Å². The first-order valence-corrected chi connectivity index (χ1v) is 3.90. The molecule has 0 heterocycles. The van der Waals surface area contributed by atoms with E-state index in [1.54, 1.807) is 0 Å². The first kappa shape index (κ1) is 9.78. The Bertz CT molecular complexity index is 89.8. The highest BCUT2D eigenvalue weighted by molar-refractivity contribution is 7.80. The number of unbranched alkanes of at least 4 members (excludes halogenated alkanes) is 1. The van der Waals surface area contributed by atoms with Crippen molar-refractivity contribution in [3.8, 4) is 0 Å². The van der Waals surface area contributed by atoms with E-state index in [1.165, 1.54) is 0 Å². The first-order chi connectivity index (χ1) is 4.81. The van der Waals surface area contributed by atoms with Crippen LogP contribution in [0.2, 0.25) is 0 Å². The fourth-order valence-corrected chi connectivity index (χ4v) is 0.820. The second-order valence-corrected chi connectivity index (χ2v) is 2.44. The van der Waals surface area contributed by atoms with Gasteiger partial charge in [0.2, 0.25) is 0 Å². The molecule has 0 bridgehead atoms. The van der Waals surface area contributed by atoms with Gasteiger partial charge in [0.05, 0.1) is 0 Å². The fraction of sp³-hybridized carbons (Fsp3) is 0.833. The maximum atomic E-state index is 9.73. The maximum Gasteiger partial charge on any atom is 0.294 e. The van der Waals surface area contributed by atoms with E-state index in [-0.39, 0.29) is 0 Å². The van der Waals surface area contributed by atoms with Crippen LogP contribution in [0.15, 0.2) is 0 Å². The average molecular weight is 163 g/mol. The van der Waals surface area contributed by atoms with Crippen LogP contribution in [0.25, 0.3) is 0 Å². The number of rotatable bonds is 6. The fourth-order valence-electron chi connectivity index (χ4n) is 0.597. The van der Waals surface area contributed by atoms with E-state index in [0.717, 1.165) is 25.0 Å². The van der Waals surface area contributed by atoms with Crippen molar-refractivity contribution in [3.05, 3.63) is 0 Å². The Morgan fingerprint density at radius 3 is 2.80 bits per heavy atom. The summed E-state index contributed by atoms with van der Waals surface area (Å²) in [6, 6.07) is 0. The van der Waals surface area contributed by atoms with Crippen LogP contribution in [-0.2, 0) is 9.53 Å². The lowest BCUT2D eigenvalue weighted by atomic mass is 10.2. The highest BCUT2D eigenvalue weighted by atomic mass is 32.1. The van der Waals surface area contributed by atoms with Crippen molar-refractivity contribution in [1.29, 1.82) is 0 Å². The van der Waals surface area contributed by atoms with Crippen LogP contribution < -0.4 is 5.73 Å². The molecular weight excluding hydrogens is 150 g/mol. The van der Waals surface area contributed by atoms with Crippen molar-refractivity contribution in [1.82, 2.24) is 0 Å². The van der Waals surface area contributed by atoms with Crippen molar-refractivity contribution in [2.75, 3.05) is 5.75 Å². The smallest absolute Gasteiger partial charge is 0.294 e. The van der Waals surface area contributed by atoms with Crippen LogP contribution >= 0.6 is 12.6 Å². The molecule has 0 radical (unpaired) electrons. The minimum Gasteiger partial charge on any atom is -0.449 e. The van der Waals surface area contributed by atoms with Crippen molar-refractivity contribution in [3.63, 3.8) is 0 Å². The third-order valence-corrected chi connectivity index (χ3v) is 1.44. The van der Waals surface area contributed by atoms with Crippen LogP contribution in [-0.4, -0.2) is 18.5 Å². The second kappa shape index (κ2) is 6.89. The lowest BCUT2D eigenvalue weighted by Crippen LogP contribution is -2.22. The molecule has 0 aliphatic carbocycles. The number of ether oxygens (including phenoxy) is 1. The summed E-state index contributed by atoms with van der Waals surface area (Å²) in [7, 11) is 0. The quantitative estimate of drug-likeness (QED) is 0.260. The largest absolute Gasteiger partial charge is 0.449 e. The van der Waals surface area contributed by atoms with Gasteiger partial charge in [-0.3, -0.25) is 10.5 Å². The van der Waals surface area contributed by atoms with E-state index in [0.29, 0.717) is 6.47 Å². The van der Waals surface area contributed by atoms with Gasteiger partial charge in [-0.15, -0.1) is 0 Å². The van der Waals surface area contributed by atoms with E-state index >= 15 is 0 Å². The highest BCUT2D eigenvalue weighted by Crippen LogP contribution is 1.99. The number of thiol groups is 1. The zero-order valence-electron chi connectivity index (χ0n) is 5.82. The van der Waals surface area contributed by atoms with Gasteiger partial charge in [0.15, 0.2) is 6.23 Å². The molecule has 2 N–H and O–H groups in total. The van der Waals surface area contributed by atoms with Crippen molar-refractivity contribution >= 4 is 19.1 Å². The molecule has 1 atom stereocenters. The topological polar surface area (TPSA) is 52.3 Å². The van der Waals surface area contributed by atoms with Gasteiger partial charge in [-0.05, 0) is 25.0 Å². The molecule has 0 saturated heterocycles. The molecule has 0 saturated carbocycles. The van der Waals surface area contributed by atoms with Crippen LogP contribution in [0, 0.1) is 0 Å². The van der Waals surface area contributed by atoms with E-state index in [9.17, 15) is 4.79 Å². The predicted octanol–water partition coefficient (Wildman–Crippen LogP) is 0.544. The van der Waals surface area contributed by atoms with Crippen molar-refractivity contribution < 1.29 is 9.53 Å². The molecule has 0 aromatic carbocycles. The number of nitrogens with two attached hydrogens (primary N) is 1. The Morgan fingerprint density at radius 2 is 2.30 bits per heavy atom. The standard InChI is InChI=1S/C6H13NO2S/c7-6(9-5-8)3-1-2-4-10/h5-6,10H,1-4,7H2. The molecule has 10 heavy (non-hydrogen) atoms. The van der Waals surface area contributed by atoms with Gasteiger partial charge in [0.25, 0.3) is 6.47 Å². The zero-order chi connectivity index (χ0) is 7.82. The Balaban J connectivity index is 3.04. The Labute approximate surface area is 66.3 Å². The molecule has 0 aliphatic heterocycles. The monoisotopic (exact) mass is 163 g/mol. The Kier molecular flexibility index (Phi) is 6.74. The summed E-state index contributed by atoms with van der Waals surface area (Å²) in [6.07, 6.45) is 2.26. The van der Waals surface area contributed by atoms with Crippen LogP contribution in [0.3, 0.4) is 0 Å². The molecule has 0 amide bonds. The molecular formula is C6H13NO2S. The molecule has 0 aromatic heterocycles. The SMILES string of the molecule is NC(CCCCS)OC=O. The van der Waals surface area contributed by atoms with Gasteiger partial charge < -0.3 is 4.74 Å². The lowest BCUT2D eigenvalue weighted by molar-refractivity contribution is -0.133. The second-order valence-electron chi connectivity index (χ2n) is 1.99. The third-order valence-electron chi connectivity index (χ3n) is 1.13. The van der Waals surface area contributed by atoms with Crippen LogP contribution in [0.4, 0.5) is 0 Å². The molecule has 0 spiro atoms. The van der Waals surface area contributed by atoms with E-state index in [1.807, 2.05) is 0 Å². The lowest BCUT2D eigenvalue weighted by Gasteiger charge is -2.07. The zero-order valence-corrected chi connectivity index (χ0v) is 6.72. The summed E-state index contributed by atoms with van der Waals surface area (Å²) in [5.74, 6) is 0.855. The molecule has 0 aromatic rings. The summed E-state index contributed by atoms with van der Waals surface area (Å²) in [4.78, 5) is 9.73. The Hall–Kier alpha value is -0.220. The molecule has 0 rings (SSSR count). The molecule has 0 fully saturated rings. The molecule has 0 aliphatic rings. The molecule has 4 heteroatoms. The van der Waals surface area contributed by atoms with Gasteiger partial charge in [0, 0.05) is 0 Å². The third kappa shape index (κ3) is 5.91. The number of hydrogen-bond acceptors (Lipinski definition) is 4. The summed E-state index contributed by atoms with van der Waals surface area (Å²) >= 11 is 4.02. The number of hydrogen-bond donors (Lipinski definition) is 2. The summed E-state index contributed by atoms with van der Waals surface area (Å²) in [5, 5.41) is 0. The average Bonchev–Trinajstić information content (AvgIpc) is 1.89. The van der Waals surface area contributed by atoms with Gasteiger partial charge in [-0.25, -0.2) is 0 Å². The summed E-state index contributed by atoms with van der Waals surface area (Å²) in [5.41, 5.74) is 5.35. The Morgan fingerprint density at radius 1 is 1.60 bits per heavy atom. The van der Waals surface area contributed by atoms with Crippen molar-refractivity contribution in [2.24, 2.45) is 5.73 Å². The van der Waals surface area contributed by atoms with E-state index in [2.05, 4.69) is 17.4 Å². The maximum absolute atomic E-state index is 9.73. The van der Waals surface area contributed by atoms with E-state index in [4.69, 9.17) is 5.73 Å². The van der Waals surface area contributed by atoms with Gasteiger partial charge in [0.1, 0.15) is 0 Å². The van der Waals surface area contributed by atoms with Crippen LogP contribution in [0.1, 0.15) is 19.3 Å². The number of carbonyl (C=O) groups is 1.